The van der Waals surface area contributed by atoms with E-state index in [0.717, 1.165) is 14.7 Å². The number of thioether (sulfide) groups is 1. The van der Waals surface area contributed by atoms with Crippen LogP contribution in [-0.2, 0) is 11.4 Å². The predicted molar refractivity (Wildman–Crippen MR) is 113 cm³/mol. The second kappa shape index (κ2) is 8.20. The number of halogens is 1. The smallest absolute Gasteiger partial charge is 0.263 e. The van der Waals surface area contributed by atoms with Crippen molar-refractivity contribution in [1.29, 1.82) is 0 Å². The predicted octanol–water partition coefficient (Wildman–Crippen LogP) is 4.37. The maximum absolute atomic E-state index is 11.8. The van der Waals surface area contributed by atoms with E-state index >= 15 is 0 Å². The highest BCUT2D eigenvalue weighted by Gasteiger charge is 2.22. The van der Waals surface area contributed by atoms with Gasteiger partial charge in [-0.25, -0.2) is 0 Å². The van der Waals surface area contributed by atoms with Crippen LogP contribution in [0.3, 0.4) is 0 Å². The van der Waals surface area contributed by atoms with E-state index in [0.29, 0.717) is 27.3 Å². The number of carbonyl (C=O) groups is 1. The Labute approximate surface area is 169 Å². The zero-order chi connectivity index (χ0) is 17.8. The SMILES string of the molecule is COc1cc(/C=C2\SC(=S)NC2=O)cc(I)c1OCc1ccccc1. The Kier molecular flexibility index (Phi) is 5.98. The van der Waals surface area contributed by atoms with Crippen LogP contribution >= 0.6 is 46.6 Å². The van der Waals surface area contributed by atoms with Crippen molar-refractivity contribution in [3.05, 3.63) is 62.1 Å². The lowest BCUT2D eigenvalue weighted by atomic mass is 10.2. The normalized spacial score (nSPS) is 15.4. The number of methoxy groups -OCH3 is 1. The molecule has 0 bridgehead atoms. The van der Waals surface area contributed by atoms with Crippen molar-refractivity contribution in [2.75, 3.05) is 7.11 Å². The Bertz CT molecular complexity index is 853. The van der Waals surface area contributed by atoms with Crippen molar-refractivity contribution in [3.63, 3.8) is 0 Å². The molecule has 1 heterocycles. The fourth-order valence-electron chi connectivity index (χ4n) is 2.27. The van der Waals surface area contributed by atoms with E-state index in [1.54, 1.807) is 13.2 Å². The van der Waals surface area contributed by atoms with Gasteiger partial charge >= 0.3 is 0 Å². The van der Waals surface area contributed by atoms with Crippen molar-refractivity contribution < 1.29 is 14.3 Å². The Morgan fingerprint density at radius 2 is 2.04 bits per heavy atom. The average Bonchev–Trinajstić information content (AvgIpc) is 2.91. The maximum Gasteiger partial charge on any atom is 0.263 e. The highest BCUT2D eigenvalue weighted by Crippen LogP contribution is 2.36. The van der Waals surface area contributed by atoms with E-state index < -0.39 is 0 Å². The molecule has 3 rings (SSSR count). The molecule has 0 saturated carbocycles. The van der Waals surface area contributed by atoms with E-state index in [9.17, 15) is 4.79 Å². The van der Waals surface area contributed by atoms with Crippen molar-refractivity contribution in [2.45, 2.75) is 6.61 Å². The number of ether oxygens (including phenoxy) is 2. The van der Waals surface area contributed by atoms with Gasteiger partial charge in [0, 0.05) is 0 Å². The third kappa shape index (κ3) is 4.53. The molecule has 1 aliphatic rings. The molecule has 0 unspecified atom stereocenters. The summed E-state index contributed by atoms with van der Waals surface area (Å²) in [6, 6.07) is 13.7. The number of nitrogens with one attached hydrogen (secondary N) is 1. The second-order valence-corrected chi connectivity index (χ2v) is 8.04. The quantitative estimate of drug-likeness (QED) is 0.389. The van der Waals surface area contributed by atoms with Gasteiger partial charge in [-0.2, -0.15) is 0 Å². The first-order valence-electron chi connectivity index (χ1n) is 7.36. The van der Waals surface area contributed by atoms with Crippen LogP contribution in [0.4, 0.5) is 0 Å². The van der Waals surface area contributed by atoms with Crippen LogP contribution in [0.5, 0.6) is 11.5 Å². The number of benzene rings is 2. The van der Waals surface area contributed by atoms with E-state index in [-0.39, 0.29) is 5.91 Å². The summed E-state index contributed by atoms with van der Waals surface area (Å²) in [7, 11) is 1.60. The van der Waals surface area contributed by atoms with E-state index in [1.165, 1.54) is 11.8 Å². The molecule has 4 nitrogen and oxygen atoms in total. The Balaban J connectivity index is 1.85. The van der Waals surface area contributed by atoms with Crippen molar-refractivity contribution in [3.8, 4) is 11.5 Å². The third-order valence-electron chi connectivity index (χ3n) is 3.42. The molecule has 2 aromatic carbocycles. The summed E-state index contributed by atoms with van der Waals surface area (Å²) < 4.78 is 12.8. The summed E-state index contributed by atoms with van der Waals surface area (Å²) in [5.74, 6) is 1.14. The largest absolute Gasteiger partial charge is 0.493 e. The average molecular weight is 483 g/mol. The lowest BCUT2D eigenvalue weighted by molar-refractivity contribution is -0.115. The van der Waals surface area contributed by atoms with Gasteiger partial charge in [0.2, 0.25) is 0 Å². The molecule has 1 fully saturated rings. The van der Waals surface area contributed by atoms with E-state index in [2.05, 4.69) is 27.9 Å². The summed E-state index contributed by atoms with van der Waals surface area (Å²) in [4.78, 5) is 12.4. The monoisotopic (exact) mass is 483 g/mol. The lowest BCUT2D eigenvalue weighted by Crippen LogP contribution is -2.17. The molecular weight excluding hydrogens is 469 g/mol. The van der Waals surface area contributed by atoms with Crippen LogP contribution in [0.1, 0.15) is 11.1 Å². The first kappa shape index (κ1) is 18.2. The van der Waals surface area contributed by atoms with Crippen LogP contribution in [-0.4, -0.2) is 17.3 Å². The molecule has 0 aromatic heterocycles. The van der Waals surface area contributed by atoms with Gasteiger partial charge in [-0.05, 0) is 51.9 Å². The molecule has 1 aliphatic heterocycles. The molecule has 2 aromatic rings. The van der Waals surface area contributed by atoms with E-state index in [1.807, 2.05) is 42.5 Å². The van der Waals surface area contributed by atoms with Crippen LogP contribution in [0.15, 0.2) is 47.4 Å². The number of rotatable bonds is 5. The summed E-state index contributed by atoms with van der Waals surface area (Å²) >= 11 is 8.47. The lowest BCUT2D eigenvalue weighted by Gasteiger charge is -2.14. The molecule has 25 heavy (non-hydrogen) atoms. The Hall–Kier alpha value is -1.58. The van der Waals surface area contributed by atoms with Crippen molar-refractivity contribution >= 4 is 62.9 Å². The highest BCUT2D eigenvalue weighted by atomic mass is 127. The molecule has 7 heteroatoms. The van der Waals surface area contributed by atoms with E-state index in [4.69, 9.17) is 21.7 Å². The molecule has 0 radical (unpaired) electrons. The standard InChI is InChI=1S/C18H14INO3S2/c1-22-14-8-12(9-15-17(21)20-18(24)25-15)7-13(19)16(14)23-10-11-5-3-2-4-6-11/h2-9H,10H2,1H3,(H,20,21,24)/b15-9-. The fourth-order valence-corrected chi connectivity index (χ4v) is 4.09. The molecule has 128 valence electrons. The van der Waals surface area contributed by atoms with Crippen molar-refractivity contribution in [2.24, 2.45) is 0 Å². The van der Waals surface area contributed by atoms with Crippen LogP contribution in [0.25, 0.3) is 6.08 Å². The first-order valence-corrected chi connectivity index (χ1v) is 9.66. The number of thiocarbonyl (C=S) groups is 1. The number of hydrogen-bond donors (Lipinski definition) is 1. The van der Waals surface area contributed by atoms with Gasteiger partial charge in [-0.3, -0.25) is 4.79 Å². The molecule has 0 spiro atoms. The highest BCUT2D eigenvalue weighted by molar-refractivity contribution is 14.1. The van der Waals surface area contributed by atoms with Gasteiger partial charge in [0.05, 0.1) is 15.6 Å². The zero-order valence-corrected chi connectivity index (χ0v) is 17.0. The van der Waals surface area contributed by atoms with Crippen molar-refractivity contribution in [1.82, 2.24) is 5.32 Å². The van der Waals surface area contributed by atoms with Crippen LogP contribution in [0, 0.1) is 3.57 Å². The van der Waals surface area contributed by atoms with Gasteiger partial charge in [0.15, 0.2) is 11.5 Å². The number of amides is 1. The number of hydrogen-bond acceptors (Lipinski definition) is 5. The minimum absolute atomic E-state index is 0.173. The zero-order valence-electron chi connectivity index (χ0n) is 13.2. The summed E-state index contributed by atoms with van der Waals surface area (Å²) in [6.45, 7) is 0.458. The van der Waals surface area contributed by atoms with Gasteiger partial charge in [0.25, 0.3) is 5.91 Å². The molecular formula is C18H14INO3S2. The molecule has 1 N–H and O–H groups in total. The minimum atomic E-state index is -0.173. The fraction of sp³-hybridized carbons (Fsp3) is 0.111. The van der Waals surface area contributed by atoms with Crippen LogP contribution < -0.4 is 14.8 Å². The number of carbonyl (C=O) groups excluding carboxylic acids is 1. The summed E-state index contributed by atoms with van der Waals surface area (Å²) in [5, 5.41) is 2.61. The molecule has 1 saturated heterocycles. The van der Waals surface area contributed by atoms with Gasteiger partial charge in [-0.15, -0.1) is 0 Å². The third-order valence-corrected chi connectivity index (χ3v) is 5.38. The molecule has 1 amide bonds. The Morgan fingerprint density at radius 1 is 1.28 bits per heavy atom. The first-order chi connectivity index (χ1) is 12.1. The minimum Gasteiger partial charge on any atom is -0.493 e. The van der Waals surface area contributed by atoms with Gasteiger partial charge in [0.1, 0.15) is 10.9 Å². The van der Waals surface area contributed by atoms with Gasteiger partial charge < -0.3 is 14.8 Å². The van der Waals surface area contributed by atoms with Crippen LogP contribution in [0.2, 0.25) is 0 Å². The second-order valence-electron chi connectivity index (χ2n) is 5.16. The molecule has 0 aliphatic carbocycles. The summed E-state index contributed by atoms with van der Waals surface area (Å²) in [5.41, 5.74) is 1.94. The van der Waals surface area contributed by atoms with Gasteiger partial charge in [-0.1, -0.05) is 54.3 Å². The maximum atomic E-state index is 11.8. The topological polar surface area (TPSA) is 47.6 Å². The Morgan fingerprint density at radius 3 is 2.68 bits per heavy atom. The summed E-state index contributed by atoms with van der Waals surface area (Å²) in [6.07, 6.45) is 1.80. The molecule has 0 atom stereocenters.